The van der Waals surface area contributed by atoms with Crippen molar-refractivity contribution in [3.05, 3.63) is 54.0 Å². The highest BCUT2D eigenvalue weighted by Crippen LogP contribution is 2.33. The number of methoxy groups -OCH3 is 1. The Balaban J connectivity index is 1.60. The molecule has 2 aromatic heterocycles. The highest BCUT2D eigenvalue weighted by atomic mass is 19.1. The number of hydrogen-bond acceptors (Lipinski definition) is 4. The van der Waals surface area contributed by atoms with Crippen molar-refractivity contribution in [3.8, 4) is 17.0 Å². The lowest BCUT2D eigenvalue weighted by Crippen LogP contribution is -2.34. The number of imidazole rings is 1. The Morgan fingerprint density at radius 3 is 2.96 bits per heavy atom. The van der Waals surface area contributed by atoms with Gasteiger partial charge in [0.15, 0.2) is 11.6 Å². The predicted octanol–water partition coefficient (Wildman–Crippen LogP) is 3.69. The molecule has 1 saturated heterocycles. The maximum absolute atomic E-state index is 14.1. The Bertz CT molecular complexity index is 919. The molecule has 7 heteroatoms. The third-order valence-corrected chi connectivity index (χ3v) is 5.30. The molecule has 1 N–H and O–H groups in total. The lowest BCUT2D eigenvalue weighted by molar-refractivity contribution is 0.132. The summed E-state index contributed by atoms with van der Waals surface area (Å²) < 4.78 is 21.3. The van der Waals surface area contributed by atoms with E-state index in [1.807, 2.05) is 31.7 Å². The van der Waals surface area contributed by atoms with Crippen molar-refractivity contribution < 1.29 is 9.13 Å². The number of aryl methyl sites for hydroxylation is 1. The molecule has 3 aromatic rings. The Hall–Kier alpha value is -2.67. The monoisotopic (exact) mass is 369 g/mol. The molecule has 0 radical (unpaired) electrons. The van der Waals surface area contributed by atoms with Crippen molar-refractivity contribution >= 4 is 0 Å². The van der Waals surface area contributed by atoms with Gasteiger partial charge in [-0.2, -0.15) is 5.10 Å². The van der Waals surface area contributed by atoms with Gasteiger partial charge in [0, 0.05) is 37.1 Å². The second-order valence-electron chi connectivity index (χ2n) is 7.00. The van der Waals surface area contributed by atoms with Crippen LogP contribution in [0.4, 0.5) is 4.39 Å². The predicted molar refractivity (Wildman–Crippen MR) is 101 cm³/mol. The van der Waals surface area contributed by atoms with Crippen LogP contribution in [0.5, 0.6) is 5.75 Å². The molecule has 1 atom stereocenters. The third kappa shape index (κ3) is 3.47. The van der Waals surface area contributed by atoms with Gasteiger partial charge in [-0.15, -0.1) is 0 Å². The van der Waals surface area contributed by atoms with Crippen molar-refractivity contribution in [3.63, 3.8) is 0 Å². The van der Waals surface area contributed by atoms with E-state index in [0.717, 1.165) is 42.2 Å². The number of piperidine rings is 1. The van der Waals surface area contributed by atoms with E-state index in [2.05, 4.69) is 24.6 Å². The number of ether oxygens (including phenoxy) is 1. The van der Waals surface area contributed by atoms with Crippen molar-refractivity contribution in [1.82, 2.24) is 24.6 Å². The number of nitrogens with zero attached hydrogens (tertiary/aromatic N) is 4. The Kier molecular flexibility index (Phi) is 4.94. The largest absolute Gasteiger partial charge is 0.494 e. The Morgan fingerprint density at radius 1 is 1.33 bits per heavy atom. The fourth-order valence-corrected chi connectivity index (χ4v) is 3.89. The molecule has 0 bridgehead atoms. The second kappa shape index (κ2) is 7.52. The number of hydrogen-bond donors (Lipinski definition) is 1. The molecule has 0 unspecified atom stereocenters. The molecule has 1 fully saturated rings. The second-order valence-corrected chi connectivity index (χ2v) is 7.00. The number of rotatable bonds is 5. The van der Waals surface area contributed by atoms with Crippen LogP contribution in [0.2, 0.25) is 0 Å². The summed E-state index contributed by atoms with van der Waals surface area (Å²) in [5.41, 5.74) is 2.67. The summed E-state index contributed by atoms with van der Waals surface area (Å²) in [7, 11) is 3.51. The number of aromatic nitrogens is 4. The SMILES string of the molecule is COc1ccc(-c2[nH]ncc2CN2CCCC[C@H]2c2nccn2C)cc1F. The molecule has 0 spiro atoms. The molecular weight excluding hydrogens is 345 g/mol. The first kappa shape index (κ1) is 17.7. The summed E-state index contributed by atoms with van der Waals surface area (Å²) in [6.07, 6.45) is 9.15. The molecule has 1 aliphatic heterocycles. The van der Waals surface area contributed by atoms with Crippen molar-refractivity contribution in [1.29, 1.82) is 0 Å². The quantitative estimate of drug-likeness (QED) is 0.745. The summed E-state index contributed by atoms with van der Waals surface area (Å²) in [5, 5.41) is 7.25. The van der Waals surface area contributed by atoms with Crippen LogP contribution in [0.25, 0.3) is 11.3 Å². The molecule has 1 aliphatic rings. The zero-order valence-electron chi connectivity index (χ0n) is 15.7. The molecule has 0 aliphatic carbocycles. The van der Waals surface area contributed by atoms with Gasteiger partial charge in [-0.25, -0.2) is 9.37 Å². The molecule has 1 aromatic carbocycles. The standard InChI is InChI=1S/C20H24FN5O/c1-25-10-8-22-20(25)17-5-3-4-9-26(17)13-15-12-23-24-19(15)14-6-7-18(27-2)16(21)11-14/h6-8,10-12,17H,3-5,9,13H2,1-2H3,(H,23,24)/t17-/m0/s1. The highest BCUT2D eigenvalue weighted by Gasteiger charge is 2.28. The van der Waals surface area contributed by atoms with Crippen LogP contribution in [0.15, 0.2) is 36.8 Å². The molecule has 4 rings (SSSR count). The van der Waals surface area contributed by atoms with Crippen LogP contribution in [0, 0.1) is 5.82 Å². The number of likely N-dealkylation sites (tertiary alicyclic amines) is 1. The molecule has 142 valence electrons. The molecule has 3 heterocycles. The van der Waals surface area contributed by atoms with Gasteiger partial charge < -0.3 is 9.30 Å². The molecule has 0 saturated carbocycles. The van der Waals surface area contributed by atoms with Gasteiger partial charge in [0.25, 0.3) is 0 Å². The average molecular weight is 369 g/mol. The van der Waals surface area contributed by atoms with Crippen LogP contribution < -0.4 is 4.74 Å². The van der Waals surface area contributed by atoms with Gasteiger partial charge in [0.2, 0.25) is 0 Å². The molecular formula is C20H24FN5O. The zero-order valence-corrected chi connectivity index (χ0v) is 15.7. The summed E-state index contributed by atoms with van der Waals surface area (Å²) in [6.45, 7) is 1.76. The minimum absolute atomic E-state index is 0.241. The minimum atomic E-state index is -0.376. The van der Waals surface area contributed by atoms with E-state index in [9.17, 15) is 4.39 Å². The van der Waals surface area contributed by atoms with Crippen LogP contribution in [0.1, 0.15) is 36.7 Å². The van der Waals surface area contributed by atoms with Gasteiger partial charge in [-0.05, 0) is 37.6 Å². The fraction of sp³-hybridized carbons (Fsp3) is 0.400. The topological polar surface area (TPSA) is 59.0 Å². The normalized spacial score (nSPS) is 18.0. The van der Waals surface area contributed by atoms with Crippen molar-refractivity contribution in [2.45, 2.75) is 31.8 Å². The van der Waals surface area contributed by atoms with Gasteiger partial charge in [0.1, 0.15) is 5.82 Å². The number of aromatic amines is 1. The van der Waals surface area contributed by atoms with Crippen LogP contribution in [-0.2, 0) is 13.6 Å². The Morgan fingerprint density at radius 2 is 2.22 bits per heavy atom. The van der Waals surface area contributed by atoms with E-state index < -0.39 is 0 Å². The summed E-state index contributed by atoms with van der Waals surface area (Å²) in [6, 6.07) is 5.27. The Labute approximate surface area is 158 Å². The van der Waals surface area contributed by atoms with Gasteiger partial charge >= 0.3 is 0 Å². The van der Waals surface area contributed by atoms with Crippen molar-refractivity contribution in [2.24, 2.45) is 7.05 Å². The highest BCUT2D eigenvalue weighted by molar-refractivity contribution is 5.63. The van der Waals surface area contributed by atoms with Gasteiger partial charge in [-0.3, -0.25) is 10.00 Å². The average Bonchev–Trinajstić information content (AvgIpc) is 3.31. The van der Waals surface area contributed by atoms with Crippen molar-refractivity contribution in [2.75, 3.05) is 13.7 Å². The van der Waals surface area contributed by atoms with E-state index in [-0.39, 0.29) is 17.6 Å². The van der Waals surface area contributed by atoms with Gasteiger partial charge in [0.05, 0.1) is 25.0 Å². The molecule has 6 nitrogen and oxygen atoms in total. The van der Waals surface area contributed by atoms with Crippen LogP contribution >= 0.6 is 0 Å². The smallest absolute Gasteiger partial charge is 0.165 e. The first-order valence-corrected chi connectivity index (χ1v) is 9.25. The van der Waals surface area contributed by atoms with E-state index in [1.165, 1.54) is 26.0 Å². The van der Waals surface area contributed by atoms with Crippen LogP contribution in [-0.4, -0.2) is 38.3 Å². The lowest BCUT2D eigenvalue weighted by Gasteiger charge is -2.35. The van der Waals surface area contributed by atoms with E-state index in [1.54, 1.807) is 6.07 Å². The molecule has 27 heavy (non-hydrogen) atoms. The number of nitrogens with one attached hydrogen (secondary N) is 1. The first-order chi connectivity index (χ1) is 13.2. The van der Waals surface area contributed by atoms with Crippen LogP contribution in [0.3, 0.4) is 0 Å². The first-order valence-electron chi connectivity index (χ1n) is 9.25. The maximum atomic E-state index is 14.1. The van der Waals surface area contributed by atoms with E-state index in [4.69, 9.17) is 4.74 Å². The fourth-order valence-electron chi connectivity index (χ4n) is 3.89. The molecule has 0 amide bonds. The summed E-state index contributed by atoms with van der Waals surface area (Å²) >= 11 is 0. The summed E-state index contributed by atoms with van der Waals surface area (Å²) in [5.74, 6) is 0.959. The minimum Gasteiger partial charge on any atom is -0.494 e. The number of halogens is 1. The number of benzene rings is 1. The maximum Gasteiger partial charge on any atom is 0.165 e. The lowest BCUT2D eigenvalue weighted by atomic mass is 9.99. The van der Waals surface area contributed by atoms with E-state index in [0.29, 0.717) is 0 Å². The number of H-pyrrole nitrogens is 1. The summed E-state index contributed by atoms with van der Waals surface area (Å²) in [4.78, 5) is 7.01. The van der Waals surface area contributed by atoms with Gasteiger partial charge in [-0.1, -0.05) is 6.42 Å². The zero-order chi connectivity index (χ0) is 18.8. The van der Waals surface area contributed by atoms with E-state index >= 15 is 0 Å². The third-order valence-electron chi connectivity index (χ3n) is 5.30.